The predicted octanol–water partition coefficient (Wildman–Crippen LogP) is 2.68. The van der Waals surface area contributed by atoms with Crippen LogP contribution in [0.1, 0.15) is 39.1 Å². The van der Waals surface area contributed by atoms with Crippen LogP contribution in [0, 0.1) is 5.82 Å². The van der Waals surface area contributed by atoms with Crippen molar-refractivity contribution in [3.63, 3.8) is 0 Å². The molecule has 0 radical (unpaired) electrons. The monoisotopic (exact) mass is 381 g/mol. The number of hydrogen-bond donors (Lipinski definition) is 1. The summed E-state index contributed by atoms with van der Waals surface area (Å²) in [4.78, 5) is 28.6. The Kier molecular flexibility index (Phi) is 5.50. The normalized spacial score (nSPS) is 19.9. The van der Waals surface area contributed by atoms with Gasteiger partial charge in [-0.3, -0.25) is 14.5 Å². The van der Waals surface area contributed by atoms with Crippen molar-refractivity contribution in [2.75, 3.05) is 26.2 Å². The molecule has 0 aliphatic carbocycles. The van der Waals surface area contributed by atoms with Gasteiger partial charge in [0.1, 0.15) is 5.82 Å². The zero-order chi connectivity index (χ0) is 19.5. The van der Waals surface area contributed by atoms with Crippen molar-refractivity contribution < 1.29 is 14.0 Å². The van der Waals surface area contributed by atoms with Crippen LogP contribution in [0.25, 0.3) is 0 Å². The molecule has 2 aromatic rings. The second kappa shape index (κ2) is 8.20. The smallest absolute Gasteiger partial charge is 0.261 e. The largest absolute Gasteiger partial charge is 0.309 e. The number of imide groups is 1. The molecule has 1 saturated heterocycles. The number of benzene rings is 2. The molecule has 2 aromatic carbocycles. The van der Waals surface area contributed by atoms with Crippen molar-refractivity contribution in [1.82, 2.24) is 15.1 Å². The maximum absolute atomic E-state index is 13.8. The van der Waals surface area contributed by atoms with Gasteiger partial charge in [0, 0.05) is 37.8 Å². The molecule has 6 heteroatoms. The topological polar surface area (TPSA) is 52.7 Å². The Bertz CT molecular complexity index is 851. The van der Waals surface area contributed by atoms with E-state index in [1.54, 1.807) is 36.4 Å². The highest BCUT2D eigenvalue weighted by molar-refractivity contribution is 6.21. The molecule has 0 saturated carbocycles. The quantitative estimate of drug-likeness (QED) is 0.782. The van der Waals surface area contributed by atoms with Crippen molar-refractivity contribution >= 4 is 11.8 Å². The summed E-state index contributed by atoms with van der Waals surface area (Å²) in [5.74, 6) is -0.591. The first-order valence-electron chi connectivity index (χ1n) is 9.78. The summed E-state index contributed by atoms with van der Waals surface area (Å²) in [6.07, 6.45) is 2.08. The Hall–Kier alpha value is -2.57. The van der Waals surface area contributed by atoms with Gasteiger partial charge in [0.05, 0.1) is 11.1 Å². The van der Waals surface area contributed by atoms with Crippen molar-refractivity contribution in [3.8, 4) is 0 Å². The van der Waals surface area contributed by atoms with Crippen molar-refractivity contribution in [1.29, 1.82) is 0 Å². The summed E-state index contributed by atoms with van der Waals surface area (Å²) >= 11 is 0. The van der Waals surface area contributed by atoms with Gasteiger partial charge in [0.2, 0.25) is 0 Å². The lowest BCUT2D eigenvalue weighted by atomic mass is 10.1. The summed E-state index contributed by atoms with van der Waals surface area (Å²) < 4.78 is 13.8. The number of halogens is 1. The summed E-state index contributed by atoms with van der Waals surface area (Å²) in [7, 11) is 0. The lowest BCUT2D eigenvalue weighted by Gasteiger charge is -2.34. The SMILES string of the molecule is O=C1c2ccccc2C(=O)N1CCN1CCCC(NCc2ccccc2F)C1. The standard InChI is InChI=1S/C22H24FN3O2/c23-20-10-4-1-6-16(20)14-24-17-7-5-11-25(15-17)12-13-26-21(27)18-8-2-3-9-19(18)22(26)28/h1-4,6,8-10,17,24H,5,7,11-15H2. The first-order chi connectivity index (χ1) is 13.6. The van der Waals surface area contributed by atoms with Crippen LogP contribution in [-0.2, 0) is 6.54 Å². The third kappa shape index (κ3) is 3.84. The van der Waals surface area contributed by atoms with Crippen LogP contribution in [0.4, 0.5) is 4.39 Å². The van der Waals surface area contributed by atoms with E-state index < -0.39 is 0 Å². The van der Waals surface area contributed by atoms with E-state index in [9.17, 15) is 14.0 Å². The molecule has 0 aromatic heterocycles. The van der Waals surface area contributed by atoms with Crippen LogP contribution in [0.2, 0.25) is 0 Å². The van der Waals surface area contributed by atoms with Gasteiger partial charge in [-0.1, -0.05) is 30.3 Å². The number of carbonyl (C=O) groups is 2. The first kappa shape index (κ1) is 18.8. The van der Waals surface area contributed by atoms with E-state index in [4.69, 9.17) is 0 Å². The highest BCUT2D eigenvalue weighted by Gasteiger charge is 2.35. The van der Waals surface area contributed by atoms with Gasteiger partial charge in [-0.15, -0.1) is 0 Å². The van der Waals surface area contributed by atoms with Crippen molar-refractivity contribution in [2.24, 2.45) is 0 Å². The fourth-order valence-electron chi connectivity index (χ4n) is 4.00. The minimum Gasteiger partial charge on any atom is -0.309 e. The number of nitrogens with zero attached hydrogens (tertiary/aromatic N) is 2. The average Bonchev–Trinajstić information content (AvgIpc) is 2.97. The first-order valence-corrected chi connectivity index (χ1v) is 9.78. The minimum absolute atomic E-state index is 0.187. The number of rotatable bonds is 6. The molecular weight excluding hydrogens is 357 g/mol. The Labute approximate surface area is 164 Å². The Morgan fingerprint density at radius 2 is 1.64 bits per heavy atom. The summed E-state index contributed by atoms with van der Waals surface area (Å²) in [6, 6.07) is 14.1. The number of nitrogens with one attached hydrogen (secondary N) is 1. The number of carbonyl (C=O) groups excluding carboxylic acids is 2. The van der Waals surface area contributed by atoms with Gasteiger partial charge in [-0.25, -0.2) is 4.39 Å². The molecule has 0 bridgehead atoms. The molecule has 2 amide bonds. The summed E-state index contributed by atoms with van der Waals surface area (Å²) in [5.41, 5.74) is 1.66. The van der Waals surface area contributed by atoms with Gasteiger partial charge < -0.3 is 10.2 Å². The zero-order valence-electron chi connectivity index (χ0n) is 15.7. The molecule has 1 N–H and O–H groups in total. The fraction of sp³-hybridized carbons (Fsp3) is 0.364. The molecule has 1 atom stereocenters. The van der Waals surface area contributed by atoms with Crippen LogP contribution >= 0.6 is 0 Å². The maximum atomic E-state index is 13.8. The average molecular weight is 381 g/mol. The molecule has 2 heterocycles. The van der Waals surface area contributed by atoms with Crippen LogP contribution in [-0.4, -0.2) is 53.8 Å². The van der Waals surface area contributed by atoms with Gasteiger partial charge in [-0.05, 0) is 37.6 Å². The van der Waals surface area contributed by atoms with Crippen LogP contribution in [0.5, 0.6) is 0 Å². The van der Waals surface area contributed by atoms with E-state index in [1.807, 2.05) is 6.07 Å². The van der Waals surface area contributed by atoms with Gasteiger partial charge >= 0.3 is 0 Å². The molecular formula is C22H24FN3O2. The van der Waals surface area contributed by atoms with Crippen LogP contribution in [0.3, 0.4) is 0 Å². The zero-order valence-corrected chi connectivity index (χ0v) is 15.7. The molecule has 1 fully saturated rings. The molecule has 4 rings (SSSR count). The molecule has 2 aliphatic heterocycles. The van der Waals surface area contributed by atoms with E-state index in [-0.39, 0.29) is 23.7 Å². The third-order valence-electron chi connectivity index (χ3n) is 5.56. The molecule has 1 unspecified atom stereocenters. The number of likely N-dealkylation sites (tertiary alicyclic amines) is 1. The van der Waals surface area contributed by atoms with Gasteiger partial charge in [0.25, 0.3) is 11.8 Å². The van der Waals surface area contributed by atoms with E-state index >= 15 is 0 Å². The van der Waals surface area contributed by atoms with E-state index in [2.05, 4.69) is 10.2 Å². The Morgan fingerprint density at radius 1 is 0.964 bits per heavy atom. The van der Waals surface area contributed by atoms with Crippen molar-refractivity contribution in [2.45, 2.75) is 25.4 Å². The lowest BCUT2D eigenvalue weighted by molar-refractivity contribution is 0.0627. The minimum atomic E-state index is -0.202. The number of hydrogen-bond acceptors (Lipinski definition) is 4. The highest BCUT2D eigenvalue weighted by atomic mass is 19.1. The number of piperidine rings is 1. The molecule has 0 spiro atoms. The summed E-state index contributed by atoms with van der Waals surface area (Å²) in [6.45, 7) is 3.33. The van der Waals surface area contributed by atoms with Crippen LogP contribution < -0.4 is 5.32 Å². The summed E-state index contributed by atoms with van der Waals surface area (Å²) in [5, 5.41) is 3.44. The lowest BCUT2D eigenvalue weighted by Crippen LogP contribution is -2.48. The fourth-order valence-corrected chi connectivity index (χ4v) is 4.00. The maximum Gasteiger partial charge on any atom is 0.261 e. The van der Waals surface area contributed by atoms with E-state index in [0.717, 1.165) is 25.9 Å². The second-order valence-electron chi connectivity index (χ2n) is 7.42. The van der Waals surface area contributed by atoms with Gasteiger partial charge in [-0.2, -0.15) is 0 Å². The van der Waals surface area contributed by atoms with Crippen molar-refractivity contribution in [3.05, 3.63) is 71.0 Å². The molecule has 5 nitrogen and oxygen atoms in total. The molecule has 2 aliphatic rings. The van der Waals surface area contributed by atoms with Gasteiger partial charge in [0.15, 0.2) is 0 Å². The highest BCUT2D eigenvalue weighted by Crippen LogP contribution is 2.22. The number of amides is 2. The molecule has 28 heavy (non-hydrogen) atoms. The predicted molar refractivity (Wildman–Crippen MR) is 105 cm³/mol. The Balaban J connectivity index is 1.29. The molecule has 146 valence electrons. The second-order valence-corrected chi connectivity index (χ2v) is 7.42. The Morgan fingerprint density at radius 3 is 2.36 bits per heavy atom. The third-order valence-corrected chi connectivity index (χ3v) is 5.56. The number of fused-ring (bicyclic) bond motifs is 1. The van der Waals surface area contributed by atoms with E-state index in [0.29, 0.717) is 36.3 Å². The van der Waals surface area contributed by atoms with Crippen LogP contribution in [0.15, 0.2) is 48.5 Å². The van der Waals surface area contributed by atoms with E-state index in [1.165, 1.54) is 11.0 Å².